The Bertz CT molecular complexity index is 334. The second-order valence-electron chi connectivity index (χ2n) is 3.78. The Morgan fingerprint density at radius 3 is 2.35 bits per heavy atom. The molecule has 6 heteroatoms. The number of ether oxygens (including phenoxy) is 1. The minimum absolute atomic E-state index is 0.0467. The monoisotopic (exact) mass is 241 g/mol. The van der Waals surface area contributed by atoms with Gasteiger partial charge in [-0.15, -0.1) is 0 Å². The van der Waals surface area contributed by atoms with Crippen molar-refractivity contribution in [2.75, 3.05) is 13.2 Å². The Balaban J connectivity index is 2.41. The van der Waals surface area contributed by atoms with Gasteiger partial charge in [0.15, 0.2) is 5.78 Å². The van der Waals surface area contributed by atoms with E-state index in [1.54, 1.807) is 0 Å². The van der Waals surface area contributed by atoms with Crippen molar-refractivity contribution >= 4 is 23.5 Å². The summed E-state index contributed by atoms with van der Waals surface area (Å²) in [5.41, 5.74) is 0. The molecule has 0 bridgehead atoms. The Kier molecular flexibility index (Phi) is 4.96. The van der Waals surface area contributed by atoms with Crippen molar-refractivity contribution in [1.82, 2.24) is 4.90 Å². The quantitative estimate of drug-likeness (QED) is 0.373. The molecule has 1 aliphatic heterocycles. The van der Waals surface area contributed by atoms with E-state index < -0.39 is 29.9 Å². The number of imide groups is 3. The number of nitrogens with zero attached hydrogens (tertiary/aromatic N) is 1. The molecule has 0 radical (unpaired) electrons. The number of hydrogen-bond acceptors (Lipinski definition) is 5. The lowest BCUT2D eigenvalue weighted by atomic mass is 10.2. The molecule has 1 rings (SSSR count). The first-order valence-corrected chi connectivity index (χ1v) is 5.54. The van der Waals surface area contributed by atoms with Gasteiger partial charge < -0.3 is 4.74 Å². The summed E-state index contributed by atoms with van der Waals surface area (Å²) >= 11 is 0. The van der Waals surface area contributed by atoms with Crippen molar-refractivity contribution in [3.63, 3.8) is 0 Å². The average molecular weight is 241 g/mol. The molecule has 6 nitrogen and oxygen atoms in total. The molecule has 0 aromatic heterocycles. The van der Waals surface area contributed by atoms with Crippen LogP contribution in [-0.2, 0) is 23.9 Å². The van der Waals surface area contributed by atoms with Crippen molar-refractivity contribution in [3.05, 3.63) is 0 Å². The van der Waals surface area contributed by atoms with E-state index in [0.29, 0.717) is 11.5 Å². The van der Waals surface area contributed by atoms with E-state index in [2.05, 4.69) is 0 Å². The molecule has 94 valence electrons. The summed E-state index contributed by atoms with van der Waals surface area (Å²) in [7, 11) is 0. The van der Waals surface area contributed by atoms with Gasteiger partial charge in [0, 0.05) is 19.4 Å². The third-order valence-electron chi connectivity index (χ3n) is 2.26. The van der Waals surface area contributed by atoms with E-state index in [-0.39, 0.29) is 19.4 Å². The lowest BCUT2D eigenvalue weighted by molar-refractivity contribution is -0.150. The molecule has 0 unspecified atom stereocenters. The number of Topliss-reactive ketones (excluding diaryl/α,β-unsaturated/α-hetero) is 1. The van der Waals surface area contributed by atoms with Gasteiger partial charge in [-0.3, -0.25) is 19.2 Å². The van der Waals surface area contributed by atoms with Crippen molar-refractivity contribution in [3.8, 4) is 0 Å². The van der Waals surface area contributed by atoms with E-state index in [0.717, 1.165) is 6.42 Å². The first-order chi connectivity index (χ1) is 8.06. The van der Waals surface area contributed by atoms with Gasteiger partial charge >= 0.3 is 0 Å². The van der Waals surface area contributed by atoms with Crippen LogP contribution in [0.5, 0.6) is 0 Å². The van der Waals surface area contributed by atoms with Crippen LogP contribution >= 0.6 is 0 Å². The fraction of sp³-hybridized carbons (Fsp3) is 0.636. The van der Waals surface area contributed by atoms with Gasteiger partial charge in [-0.1, -0.05) is 6.92 Å². The van der Waals surface area contributed by atoms with Gasteiger partial charge in [0.05, 0.1) is 6.42 Å². The van der Waals surface area contributed by atoms with Crippen LogP contribution in [0.25, 0.3) is 0 Å². The van der Waals surface area contributed by atoms with Crippen LogP contribution < -0.4 is 0 Å². The number of carbonyl (C=O) groups excluding carboxylic acids is 4. The maximum absolute atomic E-state index is 11.5. The van der Waals surface area contributed by atoms with Crippen molar-refractivity contribution in [2.45, 2.75) is 32.6 Å². The summed E-state index contributed by atoms with van der Waals surface area (Å²) in [5.74, 6) is -2.22. The zero-order valence-corrected chi connectivity index (χ0v) is 9.73. The minimum Gasteiger partial charge on any atom is -0.374 e. The molecule has 1 heterocycles. The highest BCUT2D eigenvalue weighted by atomic mass is 16.5. The molecular formula is C11H15NO5. The SMILES string of the molecule is CCCOCC(=O)CC(=O)N1C(=O)CCC1=O. The predicted molar refractivity (Wildman–Crippen MR) is 56.8 cm³/mol. The van der Waals surface area contributed by atoms with E-state index >= 15 is 0 Å². The summed E-state index contributed by atoms with van der Waals surface area (Å²) in [6, 6.07) is 0. The fourth-order valence-corrected chi connectivity index (χ4v) is 1.48. The zero-order chi connectivity index (χ0) is 12.8. The normalized spacial score (nSPS) is 15.5. The smallest absolute Gasteiger partial charge is 0.243 e. The number of amides is 3. The van der Waals surface area contributed by atoms with Crippen LogP contribution in [0.4, 0.5) is 0 Å². The van der Waals surface area contributed by atoms with Gasteiger partial charge in [-0.05, 0) is 6.42 Å². The molecule has 3 amide bonds. The van der Waals surface area contributed by atoms with E-state index in [9.17, 15) is 19.2 Å². The molecular weight excluding hydrogens is 226 g/mol. The maximum Gasteiger partial charge on any atom is 0.243 e. The molecule has 17 heavy (non-hydrogen) atoms. The van der Waals surface area contributed by atoms with Crippen LogP contribution in [0, 0.1) is 0 Å². The molecule has 0 atom stereocenters. The van der Waals surface area contributed by atoms with Crippen molar-refractivity contribution < 1.29 is 23.9 Å². The molecule has 1 fully saturated rings. The molecule has 0 aliphatic carbocycles. The lowest BCUT2D eigenvalue weighted by Crippen LogP contribution is -2.37. The number of ketones is 1. The molecule has 1 aliphatic rings. The Morgan fingerprint density at radius 2 is 1.82 bits per heavy atom. The molecule has 0 spiro atoms. The third kappa shape index (κ3) is 3.74. The molecule has 1 saturated heterocycles. The van der Waals surface area contributed by atoms with Crippen molar-refractivity contribution in [1.29, 1.82) is 0 Å². The van der Waals surface area contributed by atoms with Crippen molar-refractivity contribution in [2.24, 2.45) is 0 Å². The highest BCUT2D eigenvalue weighted by Crippen LogP contribution is 2.13. The van der Waals surface area contributed by atoms with Crippen LogP contribution in [-0.4, -0.2) is 41.6 Å². The lowest BCUT2D eigenvalue weighted by Gasteiger charge is -2.10. The number of carbonyl (C=O) groups is 4. The van der Waals surface area contributed by atoms with E-state index in [1.165, 1.54) is 0 Å². The molecule has 0 N–H and O–H groups in total. The van der Waals surface area contributed by atoms with Gasteiger partial charge in [-0.2, -0.15) is 0 Å². The maximum atomic E-state index is 11.5. The predicted octanol–water partition coefficient (Wildman–Crippen LogP) is 0.0478. The van der Waals surface area contributed by atoms with Gasteiger partial charge in [-0.25, -0.2) is 4.90 Å². The molecule has 0 aromatic carbocycles. The highest BCUT2D eigenvalue weighted by Gasteiger charge is 2.34. The zero-order valence-electron chi connectivity index (χ0n) is 9.73. The third-order valence-corrected chi connectivity index (χ3v) is 2.26. The highest BCUT2D eigenvalue weighted by molar-refractivity contribution is 6.18. The first-order valence-electron chi connectivity index (χ1n) is 5.54. The van der Waals surface area contributed by atoms with Crippen LogP contribution in [0.1, 0.15) is 32.6 Å². The topological polar surface area (TPSA) is 80.8 Å². The summed E-state index contributed by atoms with van der Waals surface area (Å²) < 4.78 is 4.97. The van der Waals surface area contributed by atoms with Crippen LogP contribution in [0.2, 0.25) is 0 Å². The summed E-state index contributed by atoms with van der Waals surface area (Å²) in [6.45, 7) is 2.19. The van der Waals surface area contributed by atoms with Gasteiger partial charge in [0.25, 0.3) is 0 Å². The number of hydrogen-bond donors (Lipinski definition) is 0. The first kappa shape index (κ1) is 13.5. The summed E-state index contributed by atoms with van der Waals surface area (Å²) in [6.07, 6.45) is 0.418. The largest absolute Gasteiger partial charge is 0.374 e. The molecule has 0 aromatic rings. The standard InChI is InChI=1S/C11H15NO5/c1-2-5-17-7-8(13)6-11(16)12-9(14)3-4-10(12)15/h2-7H2,1H3. The second-order valence-corrected chi connectivity index (χ2v) is 3.78. The number of likely N-dealkylation sites (tertiary alicyclic amines) is 1. The van der Waals surface area contributed by atoms with Gasteiger partial charge in [0.1, 0.15) is 6.61 Å². The summed E-state index contributed by atoms with van der Waals surface area (Å²) in [4.78, 5) is 45.8. The van der Waals surface area contributed by atoms with E-state index in [1.807, 2.05) is 6.92 Å². The van der Waals surface area contributed by atoms with Gasteiger partial charge in [0.2, 0.25) is 17.7 Å². The van der Waals surface area contributed by atoms with Crippen LogP contribution in [0.15, 0.2) is 0 Å². The Hall–Kier alpha value is -1.56. The minimum atomic E-state index is -0.748. The second kappa shape index (κ2) is 6.24. The molecule has 0 saturated carbocycles. The number of rotatable bonds is 6. The summed E-state index contributed by atoms with van der Waals surface area (Å²) in [5, 5.41) is 0. The van der Waals surface area contributed by atoms with Crippen LogP contribution in [0.3, 0.4) is 0 Å². The Labute approximate surface area is 98.9 Å². The average Bonchev–Trinajstić information content (AvgIpc) is 2.58. The fourth-order valence-electron chi connectivity index (χ4n) is 1.48. The Morgan fingerprint density at radius 1 is 1.24 bits per heavy atom. The van der Waals surface area contributed by atoms with E-state index in [4.69, 9.17) is 4.74 Å².